The number of urea groups is 1. The maximum absolute atomic E-state index is 12.7. The first-order valence-corrected chi connectivity index (χ1v) is 11.2. The molecule has 2 aromatic rings. The fourth-order valence-corrected chi connectivity index (χ4v) is 4.11. The third kappa shape index (κ3) is 5.70. The smallest absolute Gasteiger partial charge is 0.322 e. The van der Waals surface area contributed by atoms with Crippen LogP contribution in [0.5, 0.6) is 0 Å². The maximum Gasteiger partial charge on any atom is 0.322 e. The van der Waals surface area contributed by atoms with Gasteiger partial charge in [0.05, 0.1) is 6.54 Å². The number of benzene rings is 1. The fourth-order valence-electron chi connectivity index (χ4n) is 3.22. The molecule has 0 bridgehead atoms. The van der Waals surface area contributed by atoms with Crippen LogP contribution < -0.4 is 5.32 Å². The van der Waals surface area contributed by atoms with E-state index in [9.17, 15) is 9.59 Å². The van der Waals surface area contributed by atoms with E-state index >= 15 is 0 Å². The molecule has 6 nitrogen and oxygen atoms in total. The van der Waals surface area contributed by atoms with Crippen molar-refractivity contribution in [3.05, 3.63) is 45.4 Å². The minimum atomic E-state index is -0.213. The van der Waals surface area contributed by atoms with Gasteiger partial charge >= 0.3 is 6.03 Å². The Morgan fingerprint density at radius 2 is 1.93 bits per heavy atom. The third-order valence-electron chi connectivity index (χ3n) is 5.13. The van der Waals surface area contributed by atoms with Crippen LogP contribution in [0.4, 0.5) is 10.5 Å². The molecule has 1 aromatic heterocycles. The molecule has 1 N–H and O–H groups in total. The zero-order valence-electron chi connectivity index (χ0n) is 17.0. The molecule has 1 fully saturated rings. The second-order valence-corrected chi connectivity index (χ2v) is 9.14. The molecule has 0 unspecified atom stereocenters. The largest absolute Gasteiger partial charge is 0.337 e. The summed E-state index contributed by atoms with van der Waals surface area (Å²) in [6, 6.07) is 6.76. The predicted octanol–water partition coefficient (Wildman–Crippen LogP) is 5.11. The van der Waals surface area contributed by atoms with Crippen molar-refractivity contribution in [2.75, 3.05) is 18.4 Å². The second-order valence-electron chi connectivity index (χ2n) is 7.76. The monoisotopic (exact) mass is 434 g/mol. The fraction of sp³-hybridized carbons (Fsp3) is 0.476. The van der Waals surface area contributed by atoms with Gasteiger partial charge in [-0.05, 0) is 56.9 Å². The van der Waals surface area contributed by atoms with Gasteiger partial charge in [0.25, 0.3) is 5.91 Å². The molecule has 0 aliphatic carbocycles. The van der Waals surface area contributed by atoms with E-state index in [0.717, 1.165) is 30.9 Å². The molecule has 0 radical (unpaired) electrons. The Labute approximate surface area is 180 Å². The molecule has 1 aromatic carbocycles. The molecule has 0 spiro atoms. The van der Waals surface area contributed by atoms with Gasteiger partial charge < -0.3 is 15.1 Å². The molecule has 8 heteroatoms. The van der Waals surface area contributed by atoms with Crippen molar-refractivity contribution >= 4 is 40.6 Å². The zero-order chi connectivity index (χ0) is 21.0. The number of hydrogen-bond acceptors (Lipinski definition) is 4. The lowest BCUT2D eigenvalue weighted by atomic mass is 9.99. The molecule has 3 amide bonds. The minimum absolute atomic E-state index is 0.0129. The van der Waals surface area contributed by atoms with Crippen LogP contribution in [0.2, 0.25) is 5.02 Å². The molecular formula is C21H27ClN4O2S. The zero-order valence-corrected chi connectivity index (χ0v) is 18.6. The van der Waals surface area contributed by atoms with Crippen LogP contribution >= 0.6 is 22.9 Å². The van der Waals surface area contributed by atoms with Gasteiger partial charge in [-0.15, -0.1) is 11.3 Å². The van der Waals surface area contributed by atoms with Gasteiger partial charge in [-0.2, -0.15) is 0 Å². The first kappa shape index (κ1) is 21.6. The van der Waals surface area contributed by atoms with E-state index in [1.807, 2.05) is 18.7 Å². The number of carbonyl (C=O) groups excluding carboxylic acids is 2. The SMILES string of the molecule is CC1CCN(C(=O)c2csc(CN(C(=O)Nc3ccc(Cl)cc3)C(C)C)n2)CC1. The summed E-state index contributed by atoms with van der Waals surface area (Å²) < 4.78 is 0. The summed E-state index contributed by atoms with van der Waals surface area (Å²) >= 11 is 7.31. The second kappa shape index (κ2) is 9.59. The standard InChI is InChI=1S/C21H27ClN4O2S/c1-14(2)26(21(28)23-17-6-4-16(22)5-7-17)12-19-24-18(13-29-19)20(27)25-10-8-15(3)9-11-25/h4-7,13-15H,8-12H2,1-3H3,(H,23,28). The number of thiazole rings is 1. The van der Waals surface area contributed by atoms with Crippen molar-refractivity contribution in [1.82, 2.24) is 14.8 Å². The lowest BCUT2D eigenvalue weighted by Gasteiger charge is -2.29. The summed E-state index contributed by atoms with van der Waals surface area (Å²) in [5.41, 5.74) is 1.15. The number of carbonyl (C=O) groups is 2. The number of anilines is 1. The van der Waals surface area contributed by atoms with Crippen LogP contribution in [0.25, 0.3) is 0 Å². The number of piperidine rings is 1. The molecular weight excluding hydrogens is 408 g/mol. The average molecular weight is 435 g/mol. The van der Waals surface area contributed by atoms with Crippen LogP contribution in [-0.2, 0) is 6.54 Å². The number of rotatable bonds is 5. The van der Waals surface area contributed by atoms with Crippen molar-refractivity contribution in [3.63, 3.8) is 0 Å². The van der Waals surface area contributed by atoms with Crippen molar-refractivity contribution in [3.8, 4) is 0 Å². The highest BCUT2D eigenvalue weighted by molar-refractivity contribution is 7.09. The summed E-state index contributed by atoms with van der Waals surface area (Å²) in [4.78, 5) is 33.5. The Hall–Kier alpha value is -2.12. The highest BCUT2D eigenvalue weighted by atomic mass is 35.5. The number of nitrogens with zero attached hydrogens (tertiary/aromatic N) is 3. The number of halogens is 1. The van der Waals surface area contributed by atoms with Gasteiger partial charge in [0.1, 0.15) is 10.7 Å². The number of hydrogen-bond donors (Lipinski definition) is 1. The normalized spacial score (nSPS) is 14.9. The Morgan fingerprint density at radius 3 is 2.55 bits per heavy atom. The van der Waals surface area contributed by atoms with E-state index in [-0.39, 0.29) is 18.0 Å². The maximum atomic E-state index is 12.7. The predicted molar refractivity (Wildman–Crippen MR) is 118 cm³/mol. The van der Waals surface area contributed by atoms with Gasteiger partial charge in [0, 0.05) is 35.2 Å². The van der Waals surface area contributed by atoms with Crippen LogP contribution in [0.1, 0.15) is 49.1 Å². The van der Waals surface area contributed by atoms with Crippen molar-refractivity contribution in [1.29, 1.82) is 0 Å². The van der Waals surface area contributed by atoms with E-state index in [4.69, 9.17) is 11.6 Å². The average Bonchev–Trinajstić information content (AvgIpc) is 3.16. The lowest BCUT2D eigenvalue weighted by molar-refractivity contribution is 0.0692. The van der Waals surface area contributed by atoms with Gasteiger partial charge in [-0.25, -0.2) is 9.78 Å². The summed E-state index contributed by atoms with van der Waals surface area (Å²) in [5, 5.41) is 6.05. The summed E-state index contributed by atoms with van der Waals surface area (Å²) in [6.07, 6.45) is 2.07. The number of nitrogens with one attached hydrogen (secondary N) is 1. The molecule has 156 valence electrons. The van der Waals surface area contributed by atoms with E-state index in [2.05, 4.69) is 17.2 Å². The highest BCUT2D eigenvalue weighted by Crippen LogP contribution is 2.21. The van der Waals surface area contributed by atoms with Crippen molar-refractivity contribution in [2.24, 2.45) is 5.92 Å². The van der Waals surface area contributed by atoms with E-state index in [1.54, 1.807) is 34.5 Å². The van der Waals surface area contributed by atoms with Crippen molar-refractivity contribution < 1.29 is 9.59 Å². The van der Waals surface area contributed by atoms with Crippen LogP contribution in [0.3, 0.4) is 0 Å². The number of amides is 3. The lowest BCUT2D eigenvalue weighted by Crippen LogP contribution is -2.39. The minimum Gasteiger partial charge on any atom is -0.337 e. The number of likely N-dealkylation sites (tertiary alicyclic amines) is 1. The third-order valence-corrected chi connectivity index (χ3v) is 6.21. The molecule has 1 aliphatic heterocycles. The first-order valence-electron chi connectivity index (χ1n) is 9.90. The quantitative estimate of drug-likeness (QED) is 0.710. The molecule has 29 heavy (non-hydrogen) atoms. The topological polar surface area (TPSA) is 65.5 Å². The molecule has 0 atom stereocenters. The number of aromatic nitrogens is 1. The summed E-state index contributed by atoms with van der Waals surface area (Å²) in [5.74, 6) is 0.657. The van der Waals surface area contributed by atoms with Gasteiger partial charge in [-0.1, -0.05) is 18.5 Å². The molecule has 0 saturated carbocycles. The molecule has 2 heterocycles. The first-order chi connectivity index (χ1) is 13.8. The Bertz CT molecular complexity index is 845. The summed E-state index contributed by atoms with van der Waals surface area (Å²) in [7, 11) is 0. The van der Waals surface area contributed by atoms with Crippen LogP contribution in [-0.4, -0.2) is 45.9 Å². The van der Waals surface area contributed by atoms with Gasteiger partial charge in [0.15, 0.2) is 0 Å². The van der Waals surface area contributed by atoms with Gasteiger partial charge in [-0.3, -0.25) is 4.79 Å². The van der Waals surface area contributed by atoms with Crippen LogP contribution in [0.15, 0.2) is 29.6 Å². The van der Waals surface area contributed by atoms with E-state index in [0.29, 0.717) is 28.9 Å². The van der Waals surface area contributed by atoms with E-state index in [1.165, 1.54) is 11.3 Å². The molecule has 1 aliphatic rings. The van der Waals surface area contributed by atoms with E-state index < -0.39 is 0 Å². The Kier molecular flexibility index (Phi) is 7.14. The Balaban J connectivity index is 1.64. The Morgan fingerprint density at radius 1 is 1.28 bits per heavy atom. The van der Waals surface area contributed by atoms with Crippen molar-refractivity contribution in [2.45, 2.75) is 46.2 Å². The summed E-state index contributed by atoms with van der Waals surface area (Å²) in [6.45, 7) is 8.05. The highest BCUT2D eigenvalue weighted by Gasteiger charge is 2.24. The molecule has 3 rings (SSSR count). The van der Waals surface area contributed by atoms with Gasteiger partial charge in [0.2, 0.25) is 0 Å². The molecule has 1 saturated heterocycles. The van der Waals surface area contributed by atoms with Crippen LogP contribution in [0, 0.1) is 5.92 Å².